The fraction of sp³-hybridized carbons (Fsp3) is 0.500. The second-order valence-corrected chi connectivity index (χ2v) is 4.01. The van der Waals surface area contributed by atoms with Crippen molar-refractivity contribution in [3.8, 4) is 0 Å². The molecule has 0 aliphatic carbocycles. The van der Waals surface area contributed by atoms with Gasteiger partial charge in [0.05, 0.1) is 6.61 Å². The van der Waals surface area contributed by atoms with Gasteiger partial charge in [0, 0.05) is 11.6 Å². The molecule has 0 spiro atoms. The molecule has 1 aliphatic heterocycles. The monoisotopic (exact) mass is 209 g/mol. The summed E-state index contributed by atoms with van der Waals surface area (Å²) in [5, 5.41) is 12.4. The Labute approximate surface area is 89.1 Å². The molecule has 0 amide bonds. The molecule has 1 saturated heterocycles. The van der Waals surface area contributed by atoms with Crippen LogP contribution >= 0.6 is 0 Å². The van der Waals surface area contributed by atoms with E-state index >= 15 is 0 Å². The summed E-state index contributed by atoms with van der Waals surface area (Å²) in [6.07, 6.45) is 3.52. The molecule has 0 aromatic heterocycles. The number of halogens is 1. The molecule has 1 unspecified atom stereocenters. The number of aliphatic hydroxyl groups excluding tert-OH is 1. The van der Waals surface area contributed by atoms with Crippen molar-refractivity contribution in [1.29, 1.82) is 0 Å². The molecule has 2 rings (SSSR count). The van der Waals surface area contributed by atoms with Crippen molar-refractivity contribution in [2.45, 2.75) is 31.9 Å². The van der Waals surface area contributed by atoms with E-state index in [4.69, 9.17) is 5.11 Å². The molecule has 1 fully saturated rings. The van der Waals surface area contributed by atoms with Gasteiger partial charge in [0.2, 0.25) is 0 Å². The Morgan fingerprint density at radius 1 is 1.40 bits per heavy atom. The molecule has 3 heteroatoms. The van der Waals surface area contributed by atoms with E-state index in [-0.39, 0.29) is 12.4 Å². The third kappa shape index (κ3) is 2.36. The van der Waals surface area contributed by atoms with Gasteiger partial charge in [-0.05, 0) is 37.1 Å². The van der Waals surface area contributed by atoms with Crippen LogP contribution in [0.4, 0.5) is 4.39 Å². The van der Waals surface area contributed by atoms with Gasteiger partial charge in [0.1, 0.15) is 5.82 Å². The number of hydrogen-bond acceptors (Lipinski definition) is 2. The third-order valence-corrected chi connectivity index (χ3v) is 2.95. The van der Waals surface area contributed by atoms with Gasteiger partial charge in [-0.3, -0.25) is 0 Å². The zero-order chi connectivity index (χ0) is 10.7. The van der Waals surface area contributed by atoms with Crippen LogP contribution in [0.2, 0.25) is 0 Å². The Morgan fingerprint density at radius 3 is 2.93 bits per heavy atom. The summed E-state index contributed by atoms with van der Waals surface area (Å²) in [5.74, 6) is -0.322. The Hall–Kier alpha value is -0.930. The zero-order valence-electron chi connectivity index (χ0n) is 8.67. The normalized spacial score (nSPS) is 21.6. The lowest BCUT2D eigenvalue weighted by atomic mass is 9.96. The summed E-state index contributed by atoms with van der Waals surface area (Å²) in [5.41, 5.74) is 1.47. The maximum absolute atomic E-state index is 13.2. The average Bonchev–Trinajstić information content (AvgIpc) is 2.31. The maximum Gasteiger partial charge on any atom is 0.128 e. The molecule has 1 aliphatic rings. The Bertz CT molecular complexity index is 334. The molecule has 1 heterocycles. The number of benzene rings is 1. The lowest BCUT2D eigenvalue weighted by Crippen LogP contribution is -2.26. The zero-order valence-corrected chi connectivity index (χ0v) is 8.67. The molecule has 2 nitrogen and oxygen atoms in total. The molecular formula is C12H16FNO. The molecule has 0 radical (unpaired) electrons. The first-order valence-electron chi connectivity index (χ1n) is 5.44. The van der Waals surface area contributed by atoms with Gasteiger partial charge >= 0.3 is 0 Å². The predicted octanol–water partition coefficient (Wildman–Crippen LogP) is 2.13. The highest BCUT2D eigenvalue weighted by atomic mass is 19.1. The summed E-state index contributed by atoms with van der Waals surface area (Å²) in [6.45, 7) is 0.795. The van der Waals surface area contributed by atoms with Crippen LogP contribution in [0.3, 0.4) is 0 Å². The van der Waals surface area contributed by atoms with Gasteiger partial charge < -0.3 is 10.4 Å². The van der Waals surface area contributed by atoms with Gasteiger partial charge in [-0.25, -0.2) is 4.39 Å². The Morgan fingerprint density at radius 2 is 2.27 bits per heavy atom. The predicted molar refractivity (Wildman–Crippen MR) is 56.9 cm³/mol. The van der Waals surface area contributed by atoms with Crippen molar-refractivity contribution in [3.63, 3.8) is 0 Å². The topological polar surface area (TPSA) is 32.3 Å². The standard InChI is InChI=1S/C12H16FNO/c13-11-5-4-9(7-10(11)8-15)12-3-1-2-6-14-12/h4-5,7,12,14-15H,1-3,6,8H2. The quantitative estimate of drug-likeness (QED) is 0.782. The van der Waals surface area contributed by atoms with E-state index in [1.165, 1.54) is 18.9 Å². The number of piperidine rings is 1. The van der Waals surface area contributed by atoms with Gasteiger partial charge in [-0.1, -0.05) is 12.5 Å². The van der Waals surface area contributed by atoms with Gasteiger partial charge in [0.25, 0.3) is 0 Å². The second-order valence-electron chi connectivity index (χ2n) is 4.01. The molecule has 1 aromatic carbocycles. The maximum atomic E-state index is 13.2. The van der Waals surface area contributed by atoms with Crippen molar-refractivity contribution >= 4 is 0 Å². The summed E-state index contributed by atoms with van der Waals surface area (Å²) in [6, 6.07) is 5.33. The van der Waals surface area contributed by atoms with Crippen molar-refractivity contribution in [1.82, 2.24) is 5.32 Å². The SMILES string of the molecule is OCc1cc(C2CCCCN2)ccc1F. The van der Waals surface area contributed by atoms with E-state index in [0.717, 1.165) is 18.5 Å². The minimum absolute atomic E-state index is 0.230. The summed E-state index contributed by atoms with van der Waals surface area (Å²) >= 11 is 0. The van der Waals surface area contributed by atoms with Crippen molar-refractivity contribution in [3.05, 3.63) is 35.1 Å². The first kappa shape index (κ1) is 10.6. The fourth-order valence-electron chi connectivity index (χ4n) is 2.07. The minimum Gasteiger partial charge on any atom is -0.392 e. The Balaban J connectivity index is 2.20. The second kappa shape index (κ2) is 4.73. The van der Waals surface area contributed by atoms with E-state index in [1.807, 2.05) is 0 Å². The van der Waals surface area contributed by atoms with Crippen molar-refractivity contribution < 1.29 is 9.50 Å². The number of aliphatic hydroxyl groups is 1. The van der Waals surface area contributed by atoms with Crippen molar-refractivity contribution in [2.24, 2.45) is 0 Å². The lowest BCUT2D eigenvalue weighted by molar-refractivity contribution is 0.275. The molecular weight excluding hydrogens is 193 g/mol. The first-order valence-corrected chi connectivity index (χ1v) is 5.44. The first-order chi connectivity index (χ1) is 7.31. The van der Waals surface area contributed by atoms with E-state index in [1.54, 1.807) is 12.1 Å². The van der Waals surface area contributed by atoms with Crippen LogP contribution in [-0.4, -0.2) is 11.7 Å². The van der Waals surface area contributed by atoms with E-state index in [0.29, 0.717) is 11.6 Å². The van der Waals surface area contributed by atoms with E-state index in [2.05, 4.69) is 5.32 Å². The highest BCUT2D eigenvalue weighted by Crippen LogP contribution is 2.24. The molecule has 1 aromatic rings. The highest BCUT2D eigenvalue weighted by Gasteiger charge is 2.15. The van der Waals surface area contributed by atoms with Crippen LogP contribution in [-0.2, 0) is 6.61 Å². The molecule has 0 saturated carbocycles. The van der Waals surface area contributed by atoms with Gasteiger partial charge in [-0.15, -0.1) is 0 Å². The molecule has 15 heavy (non-hydrogen) atoms. The Kier molecular flexibility index (Phi) is 3.34. The summed E-state index contributed by atoms with van der Waals surface area (Å²) < 4.78 is 13.2. The van der Waals surface area contributed by atoms with Crippen LogP contribution in [0, 0.1) is 5.82 Å². The lowest BCUT2D eigenvalue weighted by Gasteiger charge is -2.24. The molecule has 1 atom stereocenters. The third-order valence-electron chi connectivity index (χ3n) is 2.95. The van der Waals surface area contributed by atoms with Crippen LogP contribution in [0.1, 0.15) is 36.4 Å². The van der Waals surface area contributed by atoms with E-state index in [9.17, 15) is 4.39 Å². The number of rotatable bonds is 2. The number of nitrogens with one attached hydrogen (secondary N) is 1. The van der Waals surface area contributed by atoms with Crippen molar-refractivity contribution in [2.75, 3.05) is 6.54 Å². The molecule has 82 valence electrons. The fourth-order valence-corrected chi connectivity index (χ4v) is 2.07. The minimum atomic E-state index is -0.322. The summed E-state index contributed by atoms with van der Waals surface area (Å²) in [4.78, 5) is 0. The highest BCUT2D eigenvalue weighted by molar-refractivity contribution is 5.27. The van der Waals surface area contributed by atoms with Gasteiger partial charge in [0.15, 0.2) is 0 Å². The average molecular weight is 209 g/mol. The molecule has 2 N–H and O–H groups in total. The largest absolute Gasteiger partial charge is 0.392 e. The van der Waals surface area contributed by atoms with Crippen LogP contribution in [0.25, 0.3) is 0 Å². The summed E-state index contributed by atoms with van der Waals surface area (Å²) in [7, 11) is 0. The van der Waals surface area contributed by atoms with Crippen LogP contribution in [0.15, 0.2) is 18.2 Å². The smallest absolute Gasteiger partial charge is 0.128 e. The van der Waals surface area contributed by atoms with Crippen LogP contribution in [0.5, 0.6) is 0 Å². The van der Waals surface area contributed by atoms with Crippen LogP contribution < -0.4 is 5.32 Å². The number of hydrogen-bond donors (Lipinski definition) is 2. The molecule has 0 bridgehead atoms. The van der Waals surface area contributed by atoms with E-state index < -0.39 is 0 Å². The van der Waals surface area contributed by atoms with Gasteiger partial charge in [-0.2, -0.15) is 0 Å².